The lowest BCUT2D eigenvalue weighted by Crippen LogP contribution is -2.26. The predicted molar refractivity (Wildman–Crippen MR) is 132 cm³/mol. The van der Waals surface area contributed by atoms with E-state index < -0.39 is 11.7 Å². The smallest absolute Gasteiger partial charge is 0.211 e. The lowest BCUT2D eigenvalue weighted by molar-refractivity contribution is 0.0887. The first-order valence-electron chi connectivity index (χ1n) is 11.5. The molecule has 2 atom stereocenters. The average molecular weight is 467 g/mol. The Labute approximate surface area is 201 Å². The summed E-state index contributed by atoms with van der Waals surface area (Å²) in [6.07, 6.45) is 7.56. The fourth-order valence-corrected chi connectivity index (χ4v) is 4.71. The maximum absolute atomic E-state index is 13.9. The van der Waals surface area contributed by atoms with E-state index in [9.17, 15) is 15.0 Å². The van der Waals surface area contributed by atoms with Crippen LogP contribution in [0.25, 0.3) is 0 Å². The molecule has 0 bridgehead atoms. The van der Waals surface area contributed by atoms with Gasteiger partial charge in [-0.3, -0.25) is 4.79 Å². The minimum Gasteiger partial charge on any atom is -0.504 e. The molecule has 2 aromatic carbocycles. The molecule has 0 saturated heterocycles. The third-order valence-electron chi connectivity index (χ3n) is 6.38. The third kappa shape index (κ3) is 5.06. The summed E-state index contributed by atoms with van der Waals surface area (Å²) in [5.74, 6) is -1.90. The van der Waals surface area contributed by atoms with Crippen molar-refractivity contribution in [3.8, 4) is 28.7 Å². The molecule has 0 heterocycles. The second-order valence-corrected chi connectivity index (χ2v) is 8.78. The third-order valence-corrected chi connectivity index (χ3v) is 6.38. The van der Waals surface area contributed by atoms with Crippen LogP contribution in [0.4, 0.5) is 0 Å². The molecule has 34 heavy (non-hydrogen) atoms. The quantitative estimate of drug-likeness (QED) is 0.261. The van der Waals surface area contributed by atoms with Gasteiger partial charge in [-0.1, -0.05) is 53.6 Å². The Morgan fingerprint density at radius 1 is 0.971 bits per heavy atom. The van der Waals surface area contributed by atoms with E-state index >= 15 is 0 Å². The number of Topliss-reactive ketones (excluding diaryl/α,β-unsaturated/α-hetero) is 1. The van der Waals surface area contributed by atoms with E-state index in [1.165, 1.54) is 32.5 Å². The number of benzene rings is 2. The summed E-state index contributed by atoms with van der Waals surface area (Å²) in [5.41, 5.74) is 3.59. The minimum atomic E-state index is -0.438. The molecule has 3 rings (SSSR count). The van der Waals surface area contributed by atoms with Gasteiger partial charge in [-0.15, -0.1) is 0 Å². The fourth-order valence-electron chi connectivity index (χ4n) is 4.71. The molecule has 0 saturated carbocycles. The number of phenolic OH excluding ortho intramolecular Hbond substituents is 2. The summed E-state index contributed by atoms with van der Waals surface area (Å²) in [4.78, 5) is 13.9. The molecule has 0 spiro atoms. The fraction of sp³-hybridized carbons (Fsp3) is 0.393. The number of methoxy groups -OCH3 is 3. The van der Waals surface area contributed by atoms with E-state index in [0.29, 0.717) is 6.42 Å². The molecule has 0 aromatic heterocycles. The molecule has 0 amide bonds. The first kappa shape index (κ1) is 25.2. The lowest BCUT2D eigenvalue weighted by atomic mass is 9.71. The van der Waals surface area contributed by atoms with Gasteiger partial charge in [-0.2, -0.15) is 0 Å². The van der Waals surface area contributed by atoms with Crippen molar-refractivity contribution in [1.29, 1.82) is 0 Å². The summed E-state index contributed by atoms with van der Waals surface area (Å²) in [5, 5.41) is 21.7. The highest BCUT2D eigenvalue weighted by atomic mass is 16.5. The highest BCUT2D eigenvalue weighted by Crippen LogP contribution is 2.54. The van der Waals surface area contributed by atoms with E-state index in [-0.39, 0.29) is 40.3 Å². The van der Waals surface area contributed by atoms with Crippen LogP contribution in [-0.2, 0) is 0 Å². The lowest BCUT2D eigenvalue weighted by Gasteiger charge is -2.32. The van der Waals surface area contributed by atoms with Crippen molar-refractivity contribution in [3.63, 3.8) is 0 Å². The van der Waals surface area contributed by atoms with Gasteiger partial charge in [-0.25, -0.2) is 0 Å². The number of carbonyl (C=O) groups excluding carboxylic acids is 1. The highest BCUT2D eigenvalue weighted by Gasteiger charge is 2.38. The SMILES string of the molecule is COc1c(O)c(OC)c(C(=O)[C@@H]2CC=C(CCC=C(C)C)C[C@H]2c2ccccc2)c(O)c1OC. The molecule has 6 heteroatoms. The maximum Gasteiger partial charge on any atom is 0.211 e. The van der Waals surface area contributed by atoms with Crippen molar-refractivity contribution in [2.24, 2.45) is 5.92 Å². The molecule has 182 valence electrons. The molecule has 0 fully saturated rings. The topological polar surface area (TPSA) is 85.2 Å². The number of allylic oxidation sites excluding steroid dienone is 4. The number of hydrogen-bond donors (Lipinski definition) is 2. The minimum absolute atomic E-state index is 0.0697. The van der Waals surface area contributed by atoms with Gasteiger partial charge in [0.05, 0.1) is 21.3 Å². The van der Waals surface area contributed by atoms with Crippen LogP contribution in [0, 0.1) is 5.92 Å². The molecule has 1 aliphatic rings. The first-order valence-corrected chi connectivity index (χ1v) is 11.5. The molecule has 6 nitrogen and oxygen atoms in total. The summed E-state index contributed by atoms with van der Waals surface area (Å²) in [6.45, 7) is 4.18. The second kappa shape index (κ2) is 11.1. The maximum atomic E-state index is 13.9. The van der Waals surface area contributed by atoms with E-state index in [0.717, 1.165) is 24.8 Å². The first-order chi connectivity index (χ1) is 16.3. The predicted octanol–water partition coefficient (Wildman–Crippen LogP) is 6.17. The molecular weight excluding hydrogens is 432 g/mol. The van der Waals surface area contributed by atoms with Gasteiger partial charge in [0.25, 0.3) is 0 Å². The average Bonchev–Trinajstić information content (AvgIpc) is 2.84. The van der Waals surface area contributed by atoms with Crippen LogP contribution in [0.3, 0.4) is 0 Å². The van der Waals surface area contributed by atoms with Crippen LogP contribution < -0.4 is 14.2 Å². The Hall–Kier alpha value is -3.41. The zero-order chi connectivity index (χ0) is 24.8. The molecule has 2 aromatic rings. The number of hydrogen-bond acceptors (Lipinski definition) is 6. The normalized spacial score (nSPS) is 17.5. The largest absolute Gasteiger partial charge is 0.504 e. The highest BCUT2D eigenvalue weighted by molar-refractivity contribution is 6.05. The number of ketones is 1. The number of rotatable bonds is 9. The van der Waals surface area contributed by atoms with Gasteiger partial charge < -0.3 is 24.4 Å². The van der Waals surface area contributed by atoms with E-state index in [2.05, 4.69) is 26.0 Å². The van der Waals surface area contributed by atoms with Crippen molar-refractivity contribution in [1.82, 2.24) is 0 Å². The molecule has 2 N–H and O–H groups in total. The number of phenols is 2. The van der Waals surface area contributed by atoms with Gasteiger partial charge >= 0.3 is 0 Å². The van der Waals surface area contributed by atoms with Crippen LogP contribution in [0.2, 0.25) is 0 Å². The summed E-state index contributed by atoms with van der Waals surface area (Å²) in [6, 6.07) is 9.97. The van der Waals surface area contributed by atoms with E-state index in [1.807, 2.05) is 30.3 Å². The number of aromatic hydroxyl groups is 2. The van der Waals surface area contributed by atoms with Gasteiger partial charge in [0, 0.05) is 5.92 Å². The van der Waals surface area contributed by atoms with Crippen LogP contribution in [0.15, 0.2) is 53.6 Å². The zero-order valence-corrected chi connectivity index (χ0v) is 20.6. The molecule has 0 unspecified atom stereocenters. The zero-order valence-electron chi connectivity index (χ0n) is 20.6. The van der Waals surface area contributed by atoms with Crippen molar-refractivity contribution in [3.05, 3.63) is 64.8 Å². The van der Waals surface area contributed by atoms with Crippen LogP contribution in [0.5, 0.6) is 28.7 Å². The summed E-state index contributed by atoms with van der Waals surface area (Å²) < 4.78 is 15.8. The van der Waals surface area contributed by atoms with Gasteiger partial charge in [0.1, 0.15) is 5.56 Å². The van der Waals surface area contributed by atoms with E-state index in [4.69, 9.17) is 14.2 Å². The van der Waals surface area contributed by atoms with Crippen molar-refractivity contribution < 1.29 is 29.2 Å². The summed E-state index contributed by atoms with van der Waals surface area (Å²) in [7, 11) is 4.02. The Kier molecular flexibility index (Phi) is 8.26. The van der Waals surface area contributed by atoms with Crippen LogP contribution >= 0.6 is 0 Å². The van der Waals surface area contributed by atoms with Crippen LogP contribution in [0.1, 0.15) is 61.4 Å². The van der Waals surface area contributed by atoms with Gasteiger partial charge in [0.15, 0.2) is 17.3 Å². The van der Waals surface area contributed by atoms with Gasteiger partial charge in [0.2, 0.25) is 17.2 Å². The van der Waals surface area contributed by atoms with Crippen molar-refractivity contribution >= 4 is 5.78 Å². The van der Waals surface area contributed by atoms with E-state index in [1.54, 1.807) is 0 Å². The molecule has 0 aliphatic heterocycles. The standard InChI is InChI=1S/C28H34O6/c1-17(2)10-9-11-18-14-15-20(21(16-18)19-12-7-6-8-13-19)23(29)22-24(30)27(33-4)28(34-5)25(31)26(22)32-3/h6-8,10,12-14,20-21,30-31H,9,11,15-16H2,1-5H3/t20-,21+/m1/s1. The van der Waals surface area contributed by atoms with Crippen LogP contribution in [-0.4, -0.2) is 37.3 Å². The Morgan fingerprint density at radius 3 is 2.18 bits per heavy atom. The van der Waals surface area contributed by atoms with Gasteiger partial charge in [-0.05, 0) is 51.0 Å². The molecular formula is C28H34O6. The number of carbonyl (C=O) groups is 1. The Bertz CT molecular complexity index is 1080. The Morgan fingerprint density at radius 2 is 1.59 bits per heavy atom. The second-order valence-electron chi connectivity index (χ2n) is 8.78. The number of ether oxygens (including phenoxy) is 3. The monoisotopic (exact) mass is 466 g/mol. The van der Waals surface area contributed by atoms with Crippen molar-refractivity contribution in [2.75, 3.05) is 21.3 Å². The summed E-state index contributed by atoms with van der Waals surface area (Å²) >= 11 is 0. The Balaban J connectivity index is 2.06. The molecule has 0 radical (unpaired) electrons. The van der Waals surface area contributed by atoms with Crippen molar-refractivity contribution in [2.45, 2.75) is 45.4 Å². The molecule has 1 aliphatic carbocycles.